The minimum absolute atomic E-state index is 0.699. The predicted molar refractivity (Wildman–Crippen MR) is 60.3 cm³/mol. The van der Waals surface area contributed by atoms with Gasteiger partial charge in [-0.15, -0.1) is 0 Å². The fraction of sp³-hybridized carbons (Fsp3) is 0.900. The molecule has 3 heteroatoms. The Bertz CT molecular complexity index is 256. The van der Waals surface area contributed by atoms with Crippen LogP contribution in [-0.4, -0.2) is 33.7 Å². The predicted octanol–water partition coefficient (Wildman–Crippen LogP) is 1.62. The summed E-state index contributed by atoms with van der Waals surface area (Å²) in [5.74, 6) is 5.15. The lowest BCUT2D eigenvalue weighted by Crippen LogP contribution is -2.40. The van der Waals surface area contributed by atoms with E-state index in [-0.39, 0.29) is 0 Å². The lowest BCUT2D eigenvalue weighted by atomic mass is 9.89. The molecule has 0 saturated carbocycles. The third kappa shape index (κ3) is 2.99. The lowest BCUT2D eigenvalue weighted by Gasteiger charge is -2.35. The molecule has 1 saturated heterocycles. The molecule has 1 heterocycles. The summed E-state index contributed by atoms with van der Waals surface area (Å²) in [5.41, 5.74) is 0. The number of rotatable bonds is 2. The van der Waals surface area contributed by atoms with Crippen LogP contribution >= 0.6 is 0 Å². The van der Waals surface area contributed by atoms with E-state index in [9.17, 15) is 4.21 Å². The molecular formula is C10H21NOS. The number of hydrogen-bond donors (Lipinski definition) is 0. The molecule has 1 fully saturated rings. The van der Waals surface area contributed by atoms with Crippen molar-refractivity contribution in [3.05, 3.63) is 0 Å². The molecule has 1 aliphatic heterocycles. The van der Waals surface area contributed by atoms with Gasteiger partial charge in [-0.25, -0.2) is 4.31 Å². The van der Waals surface area contributed by atoms with E-state index in [1.807, 2.05) is 0 Å². The van der Waals surface area contributed by atoms with Crippen molar-refractivity contribution in [3.8, 4) is 0 Å². The second kappa shape index (κ2) is 4.01. The zero-order chi connectivity index (χ0) is 10.1. The maximum atomic E-state index is 11.7. The SMILES string of the molecule is C=S(C)(=O)N1CCCC(C(C)C)C1. The molecule has 13 heavy (non-hydrogen) atoms. The van der Waals surface area contributed by atoms with E-state index in [0.717, 1.165) is 13.1 Å². The highest BCUT2D eigenvalue weighted by molar-refractivity contribution is 7.97. The monoisotopic (exact) mass is 203 g/mol. The fourth-order valence-electron chi connectivity index (χ4n) is 1.87. The van der Waals surface area contributed by atoms with Crippen LogP contribution in [0.4, 0.5) is 0 Å². The summed E-state index contributed by atoms with van der Waals surface area (Å²) in [6.07, 6.45) is 4.20. The Morgan fingerprint density at radius 2 is 2.15 bits per heavy atom. The molecule has 2 unspecified atom stereocenters. The van der Waals surface area contributed by atoms with Gasteiger partial charge in [-0.1, -0.05) is 13.8 Å². The van der Waals surface area contributed by atoms with Gasteiger partial charge in [0.15, 0.2) is 0 Å². The molecule has 0 amide bonds. The topological polar surface area (TPSA) is 20.3 Å². The standard InChI is InChI=1S/C10H21NOS/c1-9(2)10-6-5-7-11(8-10)13(3,4)12/h9-10H,3,5-8H2,1-2,4H3. The molecule has 2 nitrogen and oxygen atoms in total. The van der Waals surface area contributed by atoms with Gasteiger partial charge in [-0.2, -0.15) is 0 Å². The Kier molecular flexibility index (Phi) is 3.41. The van der Waals surface area contributed by atoms with Gasteiger partial charge in [-0.05, 0) is 30.5 Å². The highest BCUT2D eigenvalue weighted by Gasteiger charge is 2.24. The van der Waals surface area contributed by atoms with E-state index in [1.54, 1.807) is 6.26 Å². The van der Waals surface area contributed by atoms with Crippen molar-refractivity contribution in [3.63, 3.8) is 0 Å². The molecule has 0 aliphatic carbocycles. The first-order chi connectivity index (χ1) is 5.91. The van der Waals surface area contributed by atoms with Crippen LogP contribution in [0.25, 0.3) is 0 Å². The maximum Gasteiger partial charge on any atom is 0.0245 e. The minimum Gasteiger partial charge on any atom is -0.253 e. The van der Waals surface area contributed by atoms with Crippen LogP contribution in [-0.2, 0) is 9.71 Å². The summed E-state index contributed by atoms with van der Waals surface area (Å²) in [6, 6.07) is 0. The molecule has 1 aliphatic rings. The summed E-state index contributed by atoms with van der Waals surface area (Å²) in [4.78, 5) is 0. The van der Waals surface area contributed by atoms with Crippen molar-refractivity contribution < 1.29 is 4.21 Å². The summed E-state index contributed by atoms with van der Waals surface area (Å²) in [7, 11) is -1.96. The number of piperidine rings is 1. The van der Waals surface area contributed by atoms with Crippen LogP contribution in [0.3, 0.4) is 0 Å². The Morgan fingerprint density at radius 1 is 1.54 bits per heavy atom. The molecule has 1 rings (SSSR count). The van der Waals surface area contributed by atoms with Crippen molar-refractivity contribution >= 4 is 15.6 Å². The van der Waals surface area contributed by atoms with E-state index in [1.165, 1.54) is 12.8 Å². The molecule has 0 bridgehead atoms. The third-order valence-corrected chi connectivity index (χ3v) is 4.33. The van der Waals surface area contributed by atoms with Crippen LogP contribution in [0.5, 0.6) is 0 Å². The van der Waals surface area contributed by atoms with Gasteiger partial charge in [0, 0.05) is 29.1 Å². The first-order valence-electron chi connectivity index (χ1n) is 4.98. The second-order valence-electron chi connectivity index (χ2n) is 4.49. The normalized spacial score (nSPS) is 30.3. The van der Waals surface area contributed by atoms with Crippen LogP contribution in [0.2, 0.25) is 0 Å². The van der Waals surface area contributed by atoms with Gasteiger partial charge in [0.25, 0.3) is 0 Å². The zero-order valence-electron chi connectivity index (χ0n) is 8.95. The van der Waals surface area contributed by atoms with Gasteiger partial charge < -0.3 is 0 Å². The molecule has 2 atom stereocenters. The average molecular weight is 203 g/mol. The molecule has 0 aromatic carbocycles. The van der Waals surface area contributed by atoms with Crippen LogP contribution < -0.4 is 0 Å². The van der Waals surface area contributed by atoms with Gasteiger partial charge in [0.05, 0.1) is 0 Å². The maximum absolute atomic E-state index is 11.7. The van der Waals surface area contributed by atoms with Gasteiger partial charge in [0.1, 0.15) is 0 Å². The Labute approximate surface area is 82.5 Å². The molecule has 0 N–H and O–H groups in total. The molecular weight excluding hydrogens is 182 g/mol. The molecule has 0 radical (unpaired) electrons. The van der Waals surface area contributed by atoms with Crippen molar-refractivity contribution in [1.82, 2.24) is 4.31 Å². The quantitative estimate of drug-likeness (QED) is 0.625. The molecule has 0 aromatic rings. The van der Waals surface area contributed by atoms with E-state index >= 15 is 0 Å². The molecule has 0 spiro atoms. The Morgan fingerprint density at radius 3 is 2.62 bits per heavy atom. The fourth-order valence-corrected chi connectivity index (χ4v) is 2.89. The van der Waals surface area contributed by atoms with Crippen molar-refractivity contribution in [1.29, 1.82) is 0 Å². The van der Waals surface area contributed by atoms with Crippen LogP contribution in [0.1, 0.15) is 26.7 Å². The highest BCUT2D eigenvalue weighted by Crippen LogP contribution is 2.24. The lowest BCUT2D eigenvalue weighted by molar-refractivity contribution is 0.225. The summed E-state index contributed by atoms with van der Waals surface area (Å²) < 4.78 is 13.8. The molecule has 78 valence electrons. The van der Waals surface area contributed by atoms with E-state index in [2.05, 4.69) is 24.0 Å². The van der Waals surface area contributed by atoms with Gasteiger partial charge in [-0.3, -0.25) is 4.21 Å². The van der Waals surface area contributed by atoms with E-state index in [0.29, 0.717) is 11.8 Å². The van der Waals surface area contributed by atoms with E-state index in [4.69, 9.17) is 0 Å². The van der Waals surface area contributed by atoms with Crippen molar-refractivity contribution in [2.24, 2.45) is 11.8 Å². The van der Waals surface area contributed by atoms with Crippen molar-refractivity contribution in [2.45, 2.75) is 26.7 Å². The number of hydrogen-bond acceptors (Lipinski definition) is 1. The Balaban J connectivity index is 2.62. The first-order valence-corrected chi connectivity index (χ1v) is 7.08. The van der Waals surface area contributed by atoms with E-state index < -0.39 is 9.71 Å². The average Bonchev–Trinajstić information content (AvgIpc) is 2.03. The second-order valence-corrected chi connectivity index (χ2v) is 6.93. The third-order valence-electron chi connectivity index (χ3n) is 2.91. The largest absolute Gasteiger partial charge is 0.253 e. The molecule has 0 aromatic heterocycles. The van der Waals surface area contributed by atoms with Gasteiger partial charge >= 0.3 is 0 Å². The first kappa shape index (κ1) is 11.1. The highest BCUT2D eigenvalue weighted by atomic mass is 32.2. The Hall–Kier alpha value is -0.0200. The van der Waals surface area contributed by atoms with Crippen LogP contribution in [0, 0.1) is 11.8 Å². The smallest absolute Gasteiger partial charge is 0.0245 e. The zero-order valence-corrected chi connectivity index (χ0v) is 9.77. The summed E-state index contributed by atoms with van der Waals surface area (Å²) >= 11 is 0. The van der Waals surface area contributed by atoms with Crippen LogP contribution in [0.15, 0.2) is 0 Å². The van der Waals surface area contributed by atoms with Gasteiger partial charge in [0.2, 0.25) is 0 Å². The minimum atomic E-state index is -1.96. The van der Waals surface area contributed by atoms with Crippen molar-refractivity contribution in [2.75, 3.05) is 19.3 Å². The number of nitrogens with zero attached hydrogens (tertiary/aromatic N) is 1. The summed E-state index contributed by atoms with van der Waals surface area (Å²) in [5, 5.41) is 0. The summed E-state index contributed by atoms with van der Waals surface area (Å²) in [6.45, 7) is 6.42.